The molecule has 0 bridgehead atoms. The molecule has 1 N–H and O–H groups in total. The van der Waals surface area contributed by atoms with Crippen LogP contribution < -0.4 is 0 Å². The van der Waals surface area contributed by atoms with Crippen molar-refractivity contribution in [2.24, 2.45) is 5.92 Å². The van der Waals surface area contributed by atoms with Crippen LogP contribution in [0, 0.1) is 5.92 Å². The Morgan fingerprint density at radius 1 is 1.29 bits per heavy atom. The first kappa shape index (κ1) is 15.8. The van der Waals surface area contributed by atoms with Gasteiger partial charge in [-0.25, -0.2) is 4.79 Å². The van der Waals surface area contributed by atoms with E-state index < -0.39 is 5.97 Å². The van der Waals surface area contributed by atoms with Crippen molar-refractivity contribution in [3.63, 3.8) is 0 Å². The van der Waals surface area contributed by atoms with Crippen LogP contribution in [0.5, 0.6) is 0 Å². The van der Waals surface area contributed by atoms with Crippen LogP contribution in [-0.4, -0.2) is 16.1 Å². The number of hydrogen-bond donors (Lipinski definition) is 1. The zero-order valence-electron chi connectivity index (χ0n) is 12.8. The third-order valence-electron chi connectivity index (χ3n) is 3.46. The average Bonchev–Trinajstić information content (AvgIpc) is 2.35. The number of carboxylic acids is 1. The van der Waals surface area contributed by atoms with E-state index in [4.69, 9.17) is 16.6 Å². The maximum absolute atomic E-state index is 11.8. The first-order valence-electron chi connectivity index (χ1n) is 7.16. The van der Waals surface area contributed by atoms with Crippen molar-refractivity contribution >= 4 is 28.5 Å². The van der Waals surface area contributed by atoms with Gasteiger partial charge < -0.3 is 5.11 Å². The van der Waals surface area contributed by atoms with E-state index in [2.05, 4.69) is 13.8 Å². The van der Waals surface area contributed by atoms with Crippen LogP contribution in [0.1, 0.15) is 55.2 Å². The summed E-state index contributed by atoms with van der Waals surface area (Å²) in [6.07, 6.45) is 0.760. The normalized spacial score (nSPS) is 11.6. The van der Waals surface area contributed by atoms with Crippen molar-refractivity contribution in [1.82, 2.24) is 4.98 Å². The largest absolute Gasteiger partial charge is 0.478 e. The molecule has 0 aliphatic carbocycles. The minimum absolute atomic E-state index is 0.109. The highest BCUT2D eigenvalue weighted by molar-refractivity contribution is 6.31. The number of hydrogen-bond acceptors (Lipinski definition) is 2. The van der Waals surface area contributed by atoms with Gasteiger partial charge in [0.15, 0.2) is 0 Å². The van der Waals surface area contributed by atoms with Crippen LogP contribution in [-0.2, 0) is 6.42 Å². The molecule has 0 atom stereocenters. The van der Waals surface area contributed by atoms with E-state index in [9.17, 15) is 9.90 Å². The van der Waals surface area contributed by atoms with Crippen molar-refractivity contribution in [3.8, 4) is 0 Å². The van der Waals surface area contributed by atoms with E-state index in [1.807, 2.05) is 13.8 Å². The molecule has 0 spiro atoms. The highest BCUT2D eigenvalue weighted by Gasteiger charge is 2.22. The number of carboxylic acid groups (broad SMARTS) is 1. The Morgan fingerprint density at radius 2 is 1.95 bits per heavy atom. The number of aromatic nitrogens is 1. The first-order chi connectivity index (χ1) is 9.81. The van der Waals surface area contributed by atoms with Crippen LogP contribution in [0.4, 0.5) is 0 Å². The first-order valence-corrected chi connectivity index (χ1v) is 7.54. The molecule has 1 aromatic carbocycles. The standard InChI is InChI=1S/C17H20ClNO2/c1-9(2)7-14-15(10(3)4)16(17(20)21)12-6-5-11(18)8-13(12)19-14/h5-6,8-10H,7H2,1-4H3,(H,20,21). The van der Waals surface area contributed by atoms with E-state index in [0.29, 0.717) is 27.4 Å². The van der Waals surface area contributed by atoms with E-state index in [1.54, 1.807) is 18.2 Å². The second kappa shape index (κ2) is 6.02. The quantitative estimate of drug-likeness (QED) is 0.873. The second-order valence-electron chi connectivity index (χ2n) is 6.07. The highest BCUT2D eigenvalue weighted by Crippen LogP contribution is 2.31. The number of rotatable bonds is 4. The molecule has 112 valence electrons. The van der Waals surface area contributed by atoms with E-state index in [0.717, 1.165) is 17.7 Å². The molecule has 0 fully saturated rings. The van der Waals surface area contributed by atoms with Gasteiger partial charge in [0.1, 0.15) is 0 Å². The van der Waals surface area contributed by atoms with Crippen LogP contribution in [0.15, 0.2) is 18.2 Å². The molecule has 21 heavy (non-hydrogen) atoms. The molecule has 0 aliphatic heterocycles. The molecular weight excluding hydrogens is 286 g/mol. The van der Waals surface area contributed by atoms with E-state index >= 15 is 0 Å². The molecule has 1 aromatic heterocycles. The third-order valence-corrected chi connectivity index (χ3v) is 3.69. The summed E-state index contributed by atoms with van der Waals surface area (Å²) in [5.74, 6) is -0.385. The molecule has 0 unspecified atom stereocenters. The van der Waals surface area contributed by atoms with Crippen molar-refractivity contribution < 1.29 is 9.90 Å². The minimum atomic E-state index is -0.904. The lowest BCUT2D eigenvalue weighted by Gasteiger charge is -2.18. The zero-order chi connectivity index (χ0) is 15.7. The number of nitrogens with zero attached hydrogens (tertiary/aromatic N) is 1. The molecular formula is C17H20ClNO2. The average molecular weight is 306 g/mol. The van der Waals surface area contributed by atoms with Crippen molar-refractivity contribution in [2.45, 2.75) is 40.0 Å². The van der Waals surface area contributed by atoms with Gasteiger partial charge in [-0.2, -0.15) is 0 Å². The summed E-state index contributed by atoms with van der Waals surface area (Å²) < 4.78 is 0. The monoisotopic (exact) mass is 305 g/mol. The van der Waals surface area contributed by atoms with Gasteiger partial charge in [-0.05, 0) is 36.0 Å². The maximum Gasteiger partial charge on any atom is 0.336 e. The zero-order valence-corrected chi connectivity index (χ0v) is 13.5. The number of benzene rings is 1. The van der Waals surface area contributed by atoms with Crippen molar-refractivity contribution in [2.75, 3.05) is 0 Å². The van der Waals surface area contributed by atoms with Crippen molar-refractivity contribution in [3.05, 3.63) is 40.0 Å². The molecule has 0 saturated carbocycles. The predicted octanol–water partition coefficient (Wildman–Crippen LogP) is 4.91. The van der Waals surface area contributed by atoms with E-state index in [1.165, 1.54) is 0 Å². The van der Waals surface area contributed by atoms with Gasteiger partial charge in [-0.1, -0.05) is 45.4 Å². The summed E-state index contributed by atoms with van der Waals surface area (Å²) in [7, 11) is 0. The van der Waals surface area contributed by atoms with E-state index in [-0.39, 0.29) is 5.92 Å². The number of pyridine rings is 1. The molecule has 4 heteroatoms. The summed E-state index contributed by atoms with van der Waals surface area (Å²) in [4.78, 5) is 16.5. The fraction of sp³-hybridized carbons (Fsp3) is 0.412. The van der Waals surface area contributed by atoms with Gasteiger partial charge in [-0.3, -0.25) is 4.98 Å². The second-order valence-corrected chi connectivity index (χ2v) is 6.50. The summed E-state index contributed by atoms with van der Waals surface area (Å²) in [6.45, 7) is 8.23. The third kappa shape index (κ3) is 3.18. The number of halogens is 1. The Hall–Kier alpha value is -1.61. The Bertz CT molecular complexity index is 693. The lowest BCUT2D eigenvalue weighted by molar-refractivity contribution is 0.0697. The lowest BCUT2D eigenvalue weighted by Crippen LogP contribution is -2.12. The SMILES string of the molecule is CC(C)Cc1nc2cc(Cl)ccc2c(C(=O)O)c1C(C)C. The molecule has 0 amide bonds. The fourth-order valence-corrected chi connectivity index (χ4v) is 2.86. The van der Waals surface area contributed by atoms with Gasteiger partial charge in [0.05, 0.1) is 11.1 Å². The Kier molecular flexibility index (Phi) is 4.52. The summed E-state index contributed by atoms with van der Waals surface area (Å²) in [5, 5.41) is 10.9. The summed E-state index contributed by atoms with van der Waals surface area (Å²) >= 11 is 6.02. The number of fused-ring (bicyclic) bond motifs is 1. The van der Waals surface area contributed by atoms with Crippen LogP contribution >= 0.6 is 11.6 Å². The molecule has 0 radical (unpaired) electrons. The van der Waals surface area contributed by atoms with Crippen molar-refractivity contribution in [1.29, 1.82) is 0 Å². The Labute approximate surface area is 130 Å². The van der Waals surface area contributed by atoms with Crippen LogP contribution in [0.25, 0.3) is 10.9 Å². The molecule has 1 heterocycles. The van der Waals surface area contributed by atoms with Gasteiger partial charge in [0.2, 0.25) is 0 Å². The molecule has 3 nitrogen and oxygen atoms in total. The summed E-state index contributed by atoms with van der Waals surface area (Å²) in [6, 6.07) is 5.20. The van der Waals surface area contributed by atoms with Gasteiger partial charge in [0.25, 0.3) is 0 Å². The van der Waals surface area contributed by atoms with Gasteiger partial charge >= 0.3 is 5.97 Å². The Balaban J connectivity index is 2.87. The van der Waals surface area contributed by atoms with Crippen LogP contribution in [0.3, 0.4) is 0 Å². The molecule has 2 rings (SSSR count). The minimum Gasteiger partial charge on any atom is -0.478 e. The predicted molar refractivity (Wildman–Crippen MR) is 86.3 cm³/mol. The molecule has 0 aliphatic rings. The summed E-state index contributed by atoms with van der Waals surface area (Å²) in [5.41, 5.74) is 2.72. The topological polar surface area (TPSA) is 50.2 Å². The molecule has 0 saturated heterocycles. The van der Waals surface area contributed by atoms with Crippen LogP contribution in [0.2, 0.25) is 5.02 Å². The number of aromatic carboxylic acids is 1. The Morgan fingerprint density at radius 3 is 2.48 bits per heavy atom. The maximum atomic E-state index is 11.8. The van der Waals surface area contributed by atoms with Gasteiger partial charge in [-0.15, -0.1) is 0 Å². The van der Waals surface area contributed by atoms with Gasteiger partial charge in [0, 0.05) is 16.1 Å². The number of carbonyl (C=O) groups is 1. The fourth-order valence-electron chi connectivity index (χ4n) is 2.70. The molecule has 2 aromatic rings. The lowest BCUT2D eigenvalue weighted by atomic mass is 9.89. The highest BCUT2D eigenvalue weighted by atomic mass is 35.5. The smallest absolute Gasteiger partial charge is 0.336 e.